The van der Waals surface area contributed by atoms with Crippen molar-refractivity contribution in [3.05, 3.63) is 95.6 Å². The number of phenolic OH excluding ortho intramolecular Hbond substituents is 1. The number of fused-ring (bicyclic) bond motifs is 3. The van der Waals surface area contributed by atoms with Gasteiger partial charge in [0, 0.05) is 11.6 Å². The van der Waals surface area contributed by atoms with Gasteiger partial charge in [-0.15, -0.1) is 0 Å². The fraction of sp³-hybridized carbons (Fsp3) is 0.314. The fourth-order valence-corrected chi connectivity index (χ4v) is 8.87. The molecule has 9 rings (SSSR count). The Morgan fingerprint density at radius 1 is 0.711 bits per heavy atom. The van der Waals surface area contributed by atoms with Gasteiger partial charge in [0.25, 0.3) is 0 Å². The number of ether oxygens (including phenoxy) is 1. The van der Waals surface area contributed by atoms with E-state index in [4.69, 9.17) is 10.5 Å². The van der Waals surface area contributed by atoms with Crippen molar-refractivity contribution in [2.75, 3.05) is 5.73 Å². The van der Waals surface area contributed by atoms with Gasteiger partial charge in [0.05, 0.1) is 5.69 Å². The second-order valence-corrected chi connectivity index (χ2v) is 12.4. The molecule has 0 radical (unpaired) electrons. The molecule has 0 atom stereocenters. The van der Waals surface area contributed by atoms with Crippen LogP contribution in [0.3, 0.4) is 0 Å². The summed E-state index contributed by atoms with van der Waals surface area (Å²) in [6.07, 6.45) is 8.63. The summed E-state index contributed by atoms with van der Waals surface area (Å²) in [5, 5.41) is 11.0. The average Bonchev–Trinajstić information content (AvgIpc) is 3.29. The SMILES string of the molecule is Nc1c(O)cc(Oc2ccccc2-c2cccc3c2Cc2ccccc2-3)cc1C12CC3CC(CC(C3)C1)C2. The van der Waals surface area contributed by atoms with Gasteiger partial charge in [-0.3, -0.25) is 0 Å². The average molecular weight is 500 g/mol. The molecule has 0 spiro atoms. The summed E-state index contributed by atoms with van der Waals surface area (Å²) < 4.78 is 6.62. The first-order valence-corrected chi connectivity index (χ1v) is 14.2. The first-order valence-electron chi connectivity index (χ1n) is 14.2. The molecule has 0 saturated heterocycles. The summed E-state index contributed by atoms with van der Waals surface area (Å²) in [7, 11) is 0. The van der Waals surface area contributed by atoms with E-state index in [1.165, 1.54) is 66.3 Å². The highest BCUT2D eigenvalue weighted by molar-refractivity contribution is 5.86. The minimum absolute atomic E-state index is 0.0846. The molecule has 190 valence electrons. The lowest BCUT2D eigenvalue weighted by Crippen LogP contribution is -2.48. The van der Waals surface area contributed by atoms with Gasteiger partial charge in [0.1, 0.15) is 17.2 Å². The molecule has 38 heavy (non-hydrogen) atoms. The van der Waals surface area contributed by atoms with Crippen LogP contribution < -0.4 is 10.5 Å². The van der Waals surface area contributed by atoms with Gasteiger partial charge in [-0.05, 0) is 114 Å². The van der Waals surface area contributed by atoms with E-state index < -0.39 is 0 Å². The normalized spacial score (nSPS) is 26.3. The Morgan fingerprint density at radius 3 is 2.05 bits per heavy atom. The van der Waals surface area contributed by atoms with E-state index in [9.17, 15) is 5.11 Å². The Labute approximate surface area is 224 Å². The molecule has 4 fully saturated rings. The summed E-state index contributed by atoms with van der Waals surface area (Å²) in [4.78, 5) is 0. The minimum atomic E-state index is 0.0846. The van der Waals surface area contributed by atoms with Gasteiger partial charge in [-0.25, -0.2) is 0 Å². The number of aromatic hydroxyl groups is 1. The maximum absolute atomic E-state index is 11.0. The molecular formula is C35H33NO2. The molecule has 3 nitrogen and oxygen atoms in total. The van der Waals surface area contributed by atoms with Crippen LogP contribution in [-0.4, -0.2) is 5.11 Å². The molecule has 4 aromatic carbocycles. The second kappa shape index (κ2) is 8.14. The largest absolute Gasteiger partial charge is 0.506 e. The number of hydrogen-bond acceptors (Lipinski definition) is 3. The van der Waals surface area contributed by atoms with E-state index >= 15 is 0 Å². The van der Waals surface area contributed by atoms with E-state index in [0.29, 0.717) is 11.4 Å². The molecule has 0 unspecified atom stereocenters. The quantitative estimate of drug-likeness (QED) is 0.193. The summed E-state index contributed by atoms with van der Waals surface area (Å²) in [6, 6.07) is 27.4. The number of para-hydroxylation sites is 1. The van der Waals surface area contributed by atoms with Crippen LogP contribution in [0.1, 0.15) is 55.2 Å². The zero-order chi connectivity index (χ0) is 25.4. The molecule has 5 aliphatic carbocycles. The Balaban J connectivity index is 1.19. The van der Waals surface area contributed by atoms with Crippen LogP contribution >= 0.6 is 0 Å². The smallest absolute Gasteiger partial charge is 0.142 e. The fourth-order valence-electron chi connectivity index (χ4n) is 8.87. The van der Waals surface area contributed by atoms with Crippen molar-refractivity contribution in [2.45, 2.75) is 50.4 Å². The van der Waals surface area contributed by atoms with E-state index in [1.54, 1.807) is 6.07 Å². The Bertz CT molecular complexity index is 1550. The predicted octanol–water partition coefficient (Wildman–Crippen LogP) is 8.47. The molecule has 4 aromatic rings. The van der Waals surface area contributed by atoms with Crippen molar-refractivity contribution in [3.8, 4) is 39.5 Å². The van der Waals surface area contributed by atoms with Gasteiger partial charge in [0.2, 0.25) is 0 Å². The number of anilines is 1. The lowest BCUT2D eigenvalue weighted by molar-refractivity contribution is -0.00497. The van der Waals surface area contributed by atoms with Crippen molar-refractivity contribution in [1.82, 2.24) is 0 Å². The molecule has 0 aromatic heterocycles. The molecular weight excluding hydrogens is 466 g/mol. The topological polar surface area (TPSA) is 55.5 Å². The van der Waals surface area contributed by atoms with Gasteiger partial charge in [-0.1, -0.05) is 60.7 Å². The molecule has 3 N–H and O–H groups in total. The summed E-state index contributed by atoms with van der Waals surface area (Å²) in [5.74, 6) is 4.03. The Kier molecular flexibility index (Phi) is 4.77. The molecule has 0 aliphatic heterocycles. The van der Waals surface area contributed by atoms with Crippen LogP contribution in [0.5, 0.6) is 17.2 Å². The molecule has 5 aliphatic rings. The molecule has 0 heterocycles. The molecule has 4 saturated carbocycles. The van der Waals surface area contributed by atoms with Gasteiger partial charge in [-0.2, -0.15) is 0 Å². The highest BCUT2D eigenvalue weighted by atomic mass is 16.5. The van der Waals surface area contributed by atoms with Crippen LogP contribution in [0.25, 0.3) is 22.3 Å². The van der Waals surface area contributed by atoms with Crippen molar-refractivity contribution in [3.63, 3.8) is 0 Å². The highest BCUT2D eigenvalue weighted by Gasteiger charge is 2.52. The van der Waals surface area contributed by atoms with Crippen LogP contribution in [0.4, 0.5) is 5.69 Å². The third-order valence-electron chi connectivity index (χ3n) is 10.00. The van der Waals surface area contributed by atoms with Crippen LogP contribution in [0.2, 0.25) is 0 Å². The molecule has 0 amide bonds. The number of nitrogen functional groups attached to an aromatic ring is 1. The zero-order valence-corrected chi connectivity index (χ0v) is 21.6. The van der Waals surface area contributed by atoms with Crippen molar-refractivity contribution >= 4 is 5.69 Å². The third kappa shape index (κ3) is 3.34. The lowest BCUT2D eigenvalue weighted by atomic mass is 9.48. The van der Waals surface area contributed by atoms with E-state index in [2.05, 4.69) is 60.7 Å². The monoisotopic (exact) mass is 499 g/mol. The Morgan fingerprint density at radius 2 is 1.32 bits per heavy atom. The standard InChI is InChI=1S/C35H33NO2/c36-34-31(35-18-21-12-22(19-35)14-23(13-21)20-35)16-25(17-32(34)37)38-33-11-4-3-8-29(33)28-10-5-9-27-26-7-2-1-6-24(26)15-30(27)28/h1-11,16-17,21-23,37H,12-15,18-20,36H2. The summed E-state index contributed by atoms with van der Waals surface area (Å²) in [6.45, 7) is 0. The van der Waals surface area contributed by atoms with Crippen LogP contribution in [0.15, 0.2) is 78.9 Å². The van der Waals surface area contributed by atoms with Crippen molar-refractivity contribution < 1.29 is 9.84 Å². The first kappa shape index (κ1) is 22.3. The molecule has 3 heteroatoms. The van der Waals surface area contributed by atoms with Crippen LogP contribution in [0, 0.1) is 17.8 Å². The lowest BCUT2D eigenvalue weighted by Gasteiger charge is -2.57. The third-order valence-corrected chi connectivity index (χ3v) is 10.00. The predicted molar refractivity (Wildman–Crippen MR) is 153 cm³/mol. The zero-order valence-electron chi connectivity index (χ0n) is 21.6. The van der Waals surface area contributed by atoms with E-state index in [1.807, 2.05) is 12.1 Å². The first-order chi connectivity index (χ1) is 18.6. The second-order valence-electron chi connectivity index (χ2n) is 12.4. The number of hydrogen-bond donors (Lipinski definition) is 2. The highest BCUT2D eigenvalue weighted by Crippen LogP contribution is 2.62. The number of phenols is 1. The summed E-state index contributed by atoms with van der Waals surface area (Å²) in [5.41, 5.74) is 16.0. The molecule has 4 bridgehead atoms. The van der Waals surface area contributed by atoms with Gasteiger partial charge in [0.15, 0.2) is 0 Å². The number of rotatable bonds is 4. The van der Waals surface area contributed by atoms with E-state index in [-0.39, 0.29) is 11.2 Å². The van der Waals surface area contributed by atoms with Gasteiger partial charge < -0.3 is 15.6 Å². The Hall–Kier alpha value is -3.72. The number of benzene rings is 4. The summed E-state index contributed by atoms with van der Waals surface area (Å²) >= 11 is 0. The maximum Gasteiger partial charge on any atom is 0.142 e. The van der Waals surface area contributed by atoms with Crippen LogP contribution in [-0.2, 0) is 11.8 Å². The minimum Gasteiger partial charge on any atom is -0.506 e. The number of nitrogens with two attached hydrogens (primary N) is 1. The van der Waals surface area contributed by atoms with Gasteiger partial charge >= 0.3 is 0 Å². The maximum atomic E-state index is 11.0. The van der Waals surface area contributed by atoms with Crippen molar-refractivity contribution in [2.24, 2.45) is 17.8 Å². The van der Waals surface area contributed by atoms with E-state index in [0.717, 1.165) is 41.1 Å². The van der Waals surface area contributed by atoms with Crippen molar-refractivity contribution in [1.29, 1.82) is 0 Å².